The number of esters is 1. The Kier molecular flexibility index (Phi) is 4.61. The van der Waals surface area contributed by atoms with Gasteiger partial charge in [-0.2, -0.15) is 5.10 Å². The van der Waals surface area contributed by atoms with Crippen molar-refractivity contribution >= 4 is 17.0 Å². The minimum Gasteiger partial charge on any atom is -0.462 e. The summed E-state index contributed by atoms with van der Waals surface area (Å²) in [6, 6.07) is 13.5. The van der Waals surface area contributed by atoms with Crippen LogP contribution in [0.25, 0.3) is 28.0 Å². The maximum absolute atomic E-state index is 12.7. The van der Waals surface area contributed by atoms with Gasteiger partial charge in [-0.25, -0.2) is 14.5 Å². The van der Waals surface area contributed by atoms with Gasteiger partial charge in [-0.05, 0) is 51.1 Å². The summed E-state index contributed by atoms with van der Waals surface area (Å²) < 4.78 is 7.06. The first-order valence-corrected chi connectivity index (χ1v) is 9.13. The molecule has 0 aliphatic heterocycles. The van der Waals surface area contributed by atoms with Gasteiger partial charge in [-0.1, -0.05) is 17.7 Å². The predicted molar refractivity (Wildman–Crippen MR) is 108 cm³/mol. The van der Waals surface area contributed by atoms with Crippen LogP contribution in [0.4, 0.5) is 0 Å². The third kappa shape index (κ3) is 3.13. The molecule has 0 saturated heterocycles. The highest BCUT2D eigenvalue weighted by Gasteiger charge is 2.21. The molecule has 6 heteroatoms. The van der Waals surface area contributed by atoms with Crippen molar-refractivity contribution in [3.05, 3.63) is 71.7 Å². The summed E-state index contributed by atoms with van der Waals surface area (Å²) in [7, 11) is 0. The number of carbonyl (C=O) groups is 1. The zero-order chi connectivity index (χ0) is 19.7. The van der Waals surface area contributed by atoms with Crippen LogP contribution in [0.2, 0.25) is 0 Å². The normalized spacial score (nSPS) is 11.0. The molecule has 0 aliphatic carbocycles. The van der Waals surface area contributed by atoms with Gasteiger partial charge in [0.1, 0.15) is 0 Å². The summed E-state index contributed by atoms with van der Waals surface area (Å²) in [6.45, 7) is 6.01. The molecular weight excluding hydrogens is 352 g/mol. The molecule has 3 aromatic heterocycles. The number of aromatic nitrogens is 4. The molecule has 1 aromatic carbocycles. The number of fused-ring (bicyclic) bond motifs is 1. The second-order valence-electron chi connectivity index (χ2n) is 6.55. The van der Waals surface area contributed by atoms with Gasteiger partial charge in [0.15, 0.2) is 5.65 Å². The number of rotatable bonds is 4. The van der Waals surface area contributed by atoms with Gasteiger partial charge in [0, 0.05) is 18.0 Å². The van der Waals surface area contributed by atoms with Crippen LogP contribution < -0.4 is 0 Å². The van der Waals surface area contributed by atoms with Gasteiger partial charge in [0.2, 0.25) is 0 Å². The lowest BCUT2D eigenvalue weighted by Gasteiger charge is -2.09. The SMILES string of the molecule is CCOC(=O)c1cc(-c2cccnc2)nc2c1c(C)nn2-c1ccc(C)cc1. The zero-order valence-electron chi connectivity index (χ0n) is 16.0. The van der Waals surface area contributed by atoms with Gasteiger partial charge in [-0.15, -0.1) is 0 Å². The first-order chi connectivity index (χ1) is 13.6. The topological polar surface area (TPSA) is 69.9 Å². The fraction of sp³-hybridized carbons (Fsp3) is 0.182. The molecule has 0 unspecified atom stereocenters. The van der Waals surface area contributed by atoms with E-state index in [1.807, 2.05) is 50.2 Å². The van der Waals surface area contributed by atoms with Gasteiger partial charge in [-0.3, -0.25) is 4.98 Å². The number of hydrogen-bond donors (Lipinski definition) is 0. The number of pyridine rings is 2. The summed E-state index contributed by atoms with van der Waals surface area (Å²) in [5, 5.41) is 5.36. The van der Waals surface area contributed by atoms with Crippen LogP contribution in [0.15, 0.2) is 54.9 Å². The highest BCUT2D eigenvalue weighted by molar-refractivity contribution is 6.05. The fourth-order valence-corrected chi connectivity index (χ4v) is 3.19. The second-order valence-corrected chi connectivity index (χ2v) is 6.55. The Morgan fingerprint density at radius 2 is 1.93 bits per heavy atom. The van der Waals surface area contributed by atoms with Crippen molar-refractivity contribution in [3.8, 4) is 16.9 Å². The van der Waals surface area contributed by atoms with Crippen molar-refractivity contribution in [1.29, 1.82) is 0 Å². The molecule has 140 valence electrons. The van der Waals surface area contributed by atoms with Crippen molar-refractivity contribution in [2.24, 2.45) is 0 Å². The van der Waals surface area contributed by atoms with E-state index in [4.69, 9.17) is 9.72 Å². The number of carbonyl (C=O) groups excluding carboxylic acids is 1. The summed E-state index contributed by atoms with van der Waals surface area (Å²) >= 11 is 0. The Bertz CT molecular complexity index is 1150. The minimum atomic E-state index is -0.383. The standard InChI is InChI=1S/C22H20N4O2/c1-4-28-22(27)18-12-19(16-6-5-11-23-13-16)24-21-20(18)15(3)25-26(21)17-9-7-14(2)8-10-17/h5-13H,4H2,1-3H3. The number of nitrogens with zero attached hydrogens (tertiary/aromatic N) is 4. The molecule has 6 nitrogen and oxygen atoms in total. The van der Waals surface area contributed by atoms with Crippen LogP contribution in [0.5, 0.6) is 0 Å². The highest BCUT2D eigenvalue weighted by Crippen LogP contribution is 2.29. The number of aryl methyl sites for hydroxylation is 2. The largest absolute Gasteiger partial charge is 0.462 e. The average molecular weight is 372 g/mol. The van der Waals surface area contributed by atoms with Crippen LogP contribution in [0.3, 0.4) is 0 Å². The Hall–Kier alpha value is -3.54. The molecule has 0 saturated carbocycles. The maximum atomic E-state index is 12.7. The molecule has 4 aromatic rings. The van der Waals surface area contributed by atoms with Crippen LogP contribution in [-0.2, 0) is 4.74 Å². The van der Waals surface area contributed by atoms with Gasteiger partial charge < -0.3 is 4.74 Å². The lowest BCUT2D eigenvalue weighted by Crippen LogP contribution is -2.07. The van der Waals surface area contributed by atoms with E-state index in [2.05, 4.69) is 10.1 Å². The molecule has 0 fully saturated rings. The van der Waals surface area contributed by atoms with Gasteiger partial charge >= 0.3 is 5.97 Å². The predicted octanol–water partition coefficient (Wildman–Crippen LogP) is 4.28. The number of hydrogen-bond acceptors (Lipinski definition) is 5. The van der Waals surface area contributed by atoms with E-state index in [9.17, 15) is 4.79 Å². The van der Waals surface area contributed by atoms with Crippen LogP contribution in [0.1, 0.15) is 28.5 Å². The van der Waals surface area contributed by atoms with Crippen LogP contribution in [-0.4, -0.2) is 32.3 Å². The Balaban J connectivity index is 2.01. The van der Waals surface area contributed by atoms with E-state index in [1.54, 1.807) is 30.1 Å². The van der Waals surface area contributed by atoms with Crippen LogP contribution in [0, 0.1) is 13.8 Å². The van der Waals surface area contributed by atoms with E-state index in [0.717, 1.165) is 22.5 Å². The van der Waals surface area contributed by atoms with E-state index in [1.165, 1.54) is 0 Å². The molecule has 0 amide bonds. The lowest BCUT2D eigenvalue weighted by molar-refractivity contribution is 0.0528. The maximum Gasteiger partial charge on any atom is 0.339 e. The summed E-state index contributed by atoms with van der Waals surface area (Å²) in [4.78, 5) is 21.7. The lowest BCUT2D eigenvalue weighted by atomic mass is 10.1. The summed E-state index contributed by atoms with van der Waals surface area (Å²) in [6.07, 6.45) is 3.43. The van der Waals surface area contributed by atoms with Crippen molar-refractivity contribution < 1.29 is 9.53 Å². The molecule has 28 heavy (non-hydrogen) atoms. The Labute approximate surface area is 162 Å². The van der Waals surface area contributed by atoms with Crippen LogP contribution >= 0.6 is 0 Å². The number of ether oxygens (including phenoxy) is 1. The summed E-state index contributed by atoms with van der Waals surface area (Å²) in [5.74, 6) is -0.383. The van der Waals surface area contributed by atoms with Crippen molar-refractivity contribution in [1.82, 2.24) is 19.7 Å². The van der Waals surface area contributed by atoms with Crippen molar-refractivity contribution in [2.75, 3.05) is 6.61 Å². The molecular formula is C22H20N4O2. The third-order valence-electron chi connectivity index (χ3n) is 4.54. The molecule has 0 N–H and O–H groups in total. The van der Waals surface area contributed by atoms with Gasteiger partial charge in [0.05, 0.1) is 34.6 Å². The summed E-state index contributed by atoms with van der Waals surface area (Å²) in [5.41, 5.74) is 5.32. The van der Waals surface area contributed by atoms with E-state index >= 15 is 0 Å². The van der Waals surface area contributed by atoms with Gasteiger partial charge in [0.25, 0.3) is 0 Å². The second kappa shape index (κ2) is 7.23. The quantitative estimate of drug-likeness (QED) is 0.500. The molecule has 0 spiro atoms. The first kappa shape index (κ1) is 17.9. The van der Waals surface area contributed by atoms with Crippen molar-refractivity contribution in [3.63, 3.8) is 0 Å². The average Bonchev–Trinajstić information content (AvgIpc) is 3.05. The smallest absolute Gasteiger partial charge is 0.339 e. The minimum absolute atomic E-state index is 0.302. The molecule has 4 rings (SSSR count). The molecule has 3 heterocycles. The molecule has 0 atom stereocenters. The zero-order valence-corrected chi connectivity index (χ0v) is 16.0. The third-order valence-corrected chi connectivity index (χ3v) is 4.54. The monoisotopic (exact) mass is 372 g/mol. The Morgan fingerprint density at radius 1 is 1.14 bits per heavy atom. The fourth-order valence-electron chi connectivity index (χ4n) is 3.19. The highest BCUT2D eigenvalue weighted by atomic mass is 16.5. The van der Waals surface area contributed by atoms with Crippen molar-refractivity contribution in [2.45, 2.75) is 20.8 Å². The molecule has 0 radical (unpaired) electrons. The van der Waals surface area contributed by atoms with E-state index in [0.29, 0.717) is 28.9 Å². The molecule has 0 aliphatic rings. The first-order valence-electron chi connectivity index (χ1n) is 9.13. The van der Waals surface area contributed by atoms with E-state index < -0.39 is 0 Å². The van der Waals surface area contributed by atoms with E-state index in [-0.39, 0.29) is 5.97 Å². The Morgan fingerprint density at radius 3 is 2.61 bits per heavy atom. The molecule has 0 bridgehead atoms. The number of benzene rings is 1.